The standard InChI is InChI=1S/C25H19F3N6OS/c1-14-11-20(34(2)33-14)31-23-21-19(9-10-36-21)30-22(32-23)15-5-4-8-18(13-15)29-24(35)16-6-3-7-17(12-16)25(26,27)28/h3-13H,1-2H3,(H,29,35)(H,30,31,32). The summed E-state index contributed by atoms with van der Waals surface area (Å²) in [7, 11) is 1.83. The maximum atomic E-state index is 13.0. The third-order valence-electron chi connectivity index (χ3n) is 5.38. The van der Waals surface area contributed by atoms with Crippen molar-refractivity contribution in [3.63, 3.8) is 0 Å². The number of alkyl halides is 3. The van der Waals surface area contributed by atoms with E-state index in [-0.39, 0.29) is 5.56 Å². The predicted molar refractivity (Wildman–Crippen MR) is 133 cm³/mol. The number of benzene rings is 2. The first-order valence-electron chi connectivity index (χ1n) is 10.8. The summed E-state index contributed by atoms with van der Waals surface area (Å²) in [5.41, 5.74) is 1.68. The van der Waals surface area contributed by atoms with Crippen LogP contribution in [0.15, 0.2) is 66.0 Å². The summed E-state index contributed by atoms with van der Waals surface area (Å²) >= 11 is 1.51. The fourth-order valence-electron chi connectivity index (χ4n) is 3.70. The number of aryl methyl sites for hydroxylation is 2. The summed E-state index contributed by atoms with van der Waals surface area (Å²) in [4.78, 5) is 22.0. The van der Waals surface area contributed by atoms with Crippen molar-refractivity contribution < 1.29 is 18.0 Å². The second-order valence-corrected chi connectivity index (χ2v) is 8.98. The van der Waals surface area contributed by atoms with Gasteiger partial charge in [-0.25, -0.2) is 9.97 Å². The molecule has 0 unspecified atom stereocenters. The summed E-state index contributed by atoms with van der Waals surface area (Å²) in [5.74, 6) is 1.17. The number of hydrogen-bond donors (Lipinski definition) is 2. The lowest BCUT2D eigenvalue weighted by Gasteiger charge is -2.11. The van der Waals surface area contributed by atoms with Gasteiger partial charge in [0.1, 0.15) is 5.82 Å². The highest BCUT2D eigenvalue weighted by atomic mass is 32.1. The number of nitrogens with one attached hydrogen (secondary N) is 2. The topological polar surface area (TPSA) is 84.7 Å². The Hall–Kier alpha value is -4.25. The molecule has 2 N–H and O–H groups in total. The van der Waals surface area contributed by atoms with E-state index in [9.17, 15) is 18.0 Å². The van der Waals surface area contributed by atoms with Gasteiger partial charge in [-0.2, -0.15) is 18.3 Å². The fourth-order valence-corrected chi connectivity index (χ4v) is 4.48. The Balaban J connectivity index is 1.45. The number of nitrogens with zero attached hydrogens (tertiary/aromatic N) is 4. The SMILES string of the molecule is Cc1cc(Nc2nc(-c3cccc(NC(=O)c4cccc(C(F)(F)F)c4)c3)nc3ccsc23)n(C)n1. The first-order chi connectivity index (χ1) is 17.2. The molecule has 0 aliphatic heterocycles. The molecule has 182 valence electrons. The highest BCUT2D eigenvalue weighted by Crippen LogP contribution is 2.32. The van der Waals surface area contributed by atoms with Gasteiger partial charge in [0.25, 0.3) is 5.91 Å². The molecular weight excluding hydrogens is 489 g/mol. The first-order valence-corrected chi connectivity index (χ1v) is 11.7. The summed E-state index contributed by atoms with van der Waals surface area (Å²) in [5, 5.41) is 12.2. The van der Waals surface area contributed by atoms with Crippen LogP contribution in [0.5, 0.6) is 0 Å². The lowest BCUT2D eigenvalue weighted by molar-refractivity contribution is -0.137. The molecule has 0 saturated carbocycles. The maximum Gasteiger partial charge on any atom is 0.416 e. The fraction of sp³-hybridized carbons (Fsp3) is 0.120. The Morgan fingerprint density at radius 1 is 1.03 bits per heavy atom. The van der Waals surface area contributed by atoms with Crippen LogP contribution in [-0.4, -0.2) is 25.7 Å². The maximum absolute atomic E-state index is 13.0. The lowest BCUT2D eigenvalue weighted by atomic mass is 10.1. The van der Waals surface area contributed by atoms with Crippen LogP contribution in [0.4, 0.5) is 30.5 Å². The molecule has 3 heterocycles. The van der Waals surface area contributed by atoms with Crippen LogP contribution in [0.2, 0.25) is 0 Å². The van der Waals surface area contributed by atoms with Crippen LogP contribution in [0.3, 0.4) is 0 Å². The van der Waals surface area contributed by atoms with Gasteiger partial charge in [-0.3, -0.25) is 9.48 Å². The van der Waals surface area contributed by atoms with E-state index in [4.69, 9.17) is 4.98 Å². The molecule has 2 aromatic carbocycles. The minimum absolute atomic E-state index is 0.0934. The van der Waals surface area contributed by atoms with Crippen molar-refractivity contribution in [3.8, 4) is 11.4 Å². The minimum Gasteiger partial charge on any atom is -0.324 e. The van der Waals surface area contributed by atoms with Crippen molar-refractivity contribution in [2.24, 2.45) is 7.05 Å². The number of aromatic nitrogens is 4. The van der Waals surface area contributed by atoms with E-state index in [1.807, 2.05) is 31.5 Å². The number of amides is 1. The van der Waals surface area contributed by atoms with Gasteiger partial charge in [-0.05, 0) is 48.7 Å². The van der Waals surface area contributed by atoms with Gasteiger partial charge in [-0.15, -0.1) is 11.3 Å². The van der Waals surface area contributed by atoms with Crippen LogP contribution < -0.4 is 10.6 Å². The Morgan fingerprint density at radius 3 is 2.58 bits per heavy atom. The Bertz CT molecular complexity index is 1590. The molecule has 5 rings (SSSR count). The molecule has 5 aromatic rings. The van der Waals surface area contributed by atoms with Crippen molar-refractivity contribution in [2.45, 2.75) is 13.1 Å². The molecule has 7 nitrogen and oxygen atoms in total. The van der Waals surface area contributed by atoms with E-state index in [0.29, 0.717) is 22.9 Å². The Morgan fingerprint density at radius 2 is 1.83 bits per heavy atom. The average Bonchev–Trinajstić information content (AvgIpc) is 3.44. The summed E-state index contributed by atoms with van der Waals surface area (Å²) in [6.45, 7) is 1.90. The van der Waals surface area contributed by atoms with E-state index in [1.54, 1.807) is 28.9 Å². The Kier molecular flexibility index (Phi) is 5.92. The summed E-state index contributed by atoms with van der Waals surface area (Å²) in [6.07, 6.45) is -4.53. The zero-order chi connectivity index (χ0) is 25.4. The number of rotatable bonds is 5. The number of thiophene rings is 1. The van der Waals surface area contributed by atoms with Crippen LogP contribution in [-0.2, 0) is 13.2 Å². The van der Waals surface area contributed by atoms with Gasteiger partial charge in [0, 0.05) is 29.9 Å². The third-order valence-corrected chi connectivity index (χ3v) is 6.29. The monoisotopic (exact) mass is 508 g/mol. The van der Waals surface area contributed by atoms with Crippen LogP contribution >= 0.6 is 11.3 Å². The molecule has 0 fully saturated rings. The zero-order valence-corrected chi connectivity index (χ0v) is 19.9. The molecule has 3 aromatic heterocycles. The van der Waals surface area contributed by atoms with Gasteiger partial charge in [0.15, 0.2) is 11.6 Å². The van der Waals surface area contributed by atoms with Crippen LogP contribution in [0.25, 0.3) is 21.6 Å². The van der Waals surface area contributed by atoms with Gasteiger partial charge in [0.2, 0.25) is 0 Å². The molecule has 0 bridgehead atoms. The van der Waals surface area contributed by atoms with Gasteiger partial charge in [-0.1, -0.05) is 18.2 Å². The number of fused-ring (bicyclic) bond motifs is 1. The number of carbonyl (C=O) groups excluding carboxylic acids is 1. The molecule has 1 amide bonds. The van der Waals surface area contributed by atoms with Crippen LogP contribution in [0, 0.1) is 6.92 Å². The van der Waals surface area contributed by atoms with Crippen molar-refractivity contribution in [2.75, 3.05) is 10.6 Å². The molecule has 0 saturated heterocycles. The quantitative estimate of drug-likeness (QED) is 0.286. The minimum atomic E-state index is -4.53. The smallest absolute Gasteiger partial charge is 0.324 e. The average molecular weight is 509 g/mol. The number of halogens is 3. The lowest BCUT2D eigenvalue weighted by Crippen LogP contribution is -2.14. The second kappa shape index (κ2) is 9.08. The van der Waals surface area contributed by atoms with Crippen molar-refractivity contribution in [3.05, 3.63) is 82.9 Å². The summed E-state index contributed by atoms with van der Waals surface area (Å²) in [6, 6.07) is 14.9. The second-order valence-electron chi connectivity index (χ2n) is 8.06. The van der Waals surface area contributed by atoms with Crippen LogP contribution in [0.1, 0.15) is 21.6 Å². The van der Waals surface area contributed by atoms with Gasteiger partial charge < -0.3 is 10.6 Å². The molecule has 0 aliphatic carbocycles. The van der Waals surface area contributed by atoms with Crippen molar-refractivity contribution >= 4 is 44.8 Å². The normalized spacial score (nSPS) is 11.6. The molecule has 0 radical (unpaired) electrons. The third kappa shape index (κ3) is 4.78. The predicted octanol–water partition coefficient (Wildman–Crippen LogP) is 6.41. The number of carbonyl (C=O) groups is 1. The molecule has 0 aliphatic rings. The van der Waals surface area contributed by atoms with E-state index >= 15 is 0 Å². The molecule has 11 heteroatoms. The van der Waals surface area contributed by atoms with E-state index < -0.39 is 17.6 Å². The van der Waals surface area contributed by atoms with E-state index in [0.717, 1.165) is 33.9 Å². The van der Waals surface area contributed by atoms with Crippen molar-refractivity contribution in [1.29, 1.82) is 0 Å². The van der Waals surface area contributed by atoms with Gasteiger partial charge in [0.05, 0.1) is 21.5 Å². The molecule has 0 atom stereocenters. The largest absolute Gasteiger partial charge is 0.416 e. The Labute approximate surface area is 207 Å². The highest BCUT2D eigenvalue weighted by Gasteiger charge is 2.30. The highest BCUT2D eigenvalue weighted by molar-refractivity contribution is 7.17. The van der Waals surface area contributed by atoms with Gasteiger partial charge >= 0.3 is 6.18 Å². The summed E-state index contributed by atoms with van der Waals surface area (Å²) < 4.78 is 41.7. The molecule has 0 spiro atoms. The number of anilines is 3. The molecular formula is C25H19F3N6OS. The zero-order valence-electron chi connectivity index (χ0n) is 19.1. The molecule has 36 heavy (non-hydrogen) atoms. The first kappa shape index (κ1) is 23.5. The van der Waals surface area contributed by atoms with E-state index in [2.05, 4.69) is 20.7 Å². The van der Waals surface area contributed by atoms with Crippen molar-refractivity contribution in [1.82, 2.24) is 19.7 Å². The number of hydrogen-bond acceptors (Lipinski definition) is 6. The van der Waals surface area contributed by atoms with E-state index in [1.165, 1.54) is 23.5 Å².